The maximum Gasteiger partial charge on any atom is 0.243 e. The van der Waals surface area contributed by atoms with E-state index >= 15 is 0 Å². The van der Waals surface area contributed by atoms with Crippen LogP contribution in [0.25, 0.3) is 0 Å². The second-order valence-corrected chi connectivity index (χ2v) is 8.09. The van der Waals surface area contributed by atoms with Crippen LogP contribution in [0.1, 0.15) is 11.1 Å². The minimum atomic E-state index is -3.83. The molecule has 1 amide bonds. The van der Waals surface area contributed by atoms with E-state index in [9.17, 15) is 17.6 Å². The number of rotatable bonds is 4. The number of nitrogens with zero attached hydrogens (tertiary/aromatic N) is 2. The Balaban J connectivity index is 1.69. The molecule has 0 saturated carbocycles. The van der Waals surface area contributed by atoms with E-state index in [0.717, 1.165) is 28.4 Å². The number of hydrogen-bond donors (Lipinski definition) is 0. The Labute approximate surface area is 146 Å². The highest BCUT2D eigenvalue weighted by atomic mass is 32.2. The summed E-state index contributed by atoms with van der Waals surface area (Å²) in [4.78, 5) is 14.1. The number of amides is 1. The Morgan fingerprint density at radius 3 is 2.44 bits per heavy atom. The summed E-state index contributed by atoms with van der Waals surface area (Å²) in [6.07, 6.45) is 0.760. The van der Waals surface area contributed by atoms with E-state index in [4.69, 9.17) is 0 Å². The molecule has 132 valence electrons. The number of carbonyl (C=O) groups is 1. The predicted octanol–water partition coefficient (Wildman–Crippen LogP) is 2.03. The molecule has 1 aliphatic heterocycles. The number of likely N-dealkylation sites (N-methyl/N-ethyl adjacent to an activating group) is 1. The molecule has 0 bridgehead atoms. The van der Waals surface area contributed by atoms with Gasteiger partial charge in [0, 0.05) is 20.1 Å². The van der Waals surface area contributed by atoms with Gasteiger partial charge in [-0.1, -0.05) is 24.3 Å². The zero-order valence-electron chi connectivity index (χ0n) is 13.9. The third kappa shape index (κ3) is 3.72. The lowest BCUT2D eigenvalue weighted by molar-refractivity contribution is -0.132. The van der Waals surface area contributed by atoms with Crippen molar-refractivity contribution in [2.75, 3.05) is 20.1 Å². The smallest absolute Gasteiger partial charge is 0.243 e. The molecule has 0 aromatic heterocycles. The molecule has 0 aliphatic carbocycles. The highest BCUT2D eigenvalue weighted by Gasteiger charge is 2.27. The fraction of sp³-hybridized carbons (Fsp3) is 0.278. The fourth-order valence-corrected chi connectivity index (χ4v) is 3.99. The summed E-state index contributed by atoms with van der Waals surface area (Å²) in [5.74, 6) is -0.757. The van der Waals surface area contributed by atoms with Gasteiger partial charge < -0.3 is 4.90 Å². The predicted molar refractivity (Wildman–Crippen MR) is 91.8 cm³/mol. The molecule has 0 N–H and O–H groups in total. The van der Waals surface area contributed by atoms with E-state index < -0.39 is 15.8 Å². The van der Waals surface area contributed by atoms with Crippen molar-refractivity contribution in [3.63, 3.8) is 0 Å². The molecule has 0 atom stereocenters. The molecule has 1 heterocycles. The molecule has 0 unspecified atom stereocenters. The van der Waals surface area contributed by atoms with Crippen molar-refractivity contribution in [3.8, 4) is 0 Å². The minimum absolute atomic E-state index is 0.0341. The second-order valence-electron chi connectivity index (χ2n) is 6.05. The second kappa shape index (κ2) is 6.93. The summed E-state index contributed by atoms with van der Waals surface area (Å²) < 4.78 is 39.0. The van der Waals surface area contributed by atoms with E-state index in [1.165, 1.54) is 24.7 Å². The Morgan fingerprint density at radius 1 is 1.12 bits per heavy atom. The summed E-state index contributed by atoms with van der Waals surface area (Å²) in [6.45, 7) is 0.807. The molecule has 0 spiro atoms. The first-order valence-electron chi connectivity index (χ1n) is 7.94. The van der Waals surface area contributed by atoms with Gasteiger partial charge in [-0.2, -0.15) is 4.31 Å². The van der Waals surface area contributed by atoms with Crippen molar-refractivity contribution in [1.29, 1.82) is 0 Å². The van der Waals surface area contributed by atoms with Crippen LogP contribution in [-0.4, -0.2) is 43.7 Å². The van der Waals surface area contributed by atoms with Gasteiger partial charge in [-0.3, -0.25) is 4.79 Å². The molecule has 0 radical (unpaired) electrons. The van der Waals surface area contributed by atoms with Crippen molar-refractivity contribution in [2.24, 2.45) is 0 Å². The zero-order chi connectivity index (χ0) is 18.0. The molecule has 3 rings (SSSR count). The summed E-state index contributed by atoms with van der Waals surface area (Å²) in [7, 11) is -2.48. The van der Waals surface area contributed by atoms with Crippen LogP contribution >= 0.6 is 0 Å². The summed E-state index contributed by atoms with van der Waals surface area (Å²) >= 11 is 0. The third-order valence-electron chi connectivity index (χ3n) is 4.36. The lowest BCUT2D eigenvalue weighted by Gasteiger charge is -2.30. The Morgan fingerprint density at radius 2 is 1.76 bits per heavy atom. The number of carbonyl (C=O) groups excluding carboxylic acids is 1. The Kier molecular flexibility index (Phi) is 4.87. The molecule has 0 fully saturated rings. The van der Waals surface area contributed by atoms with Gasteiger partial charge in [0.25, 0.3) is 0 Å². The van der Waals surface area contributed by atoms with E-state index in [0.29, 0.717) is 13.1 Å². The average Bonchev–Trinajstić information content (AvgIpc) is 2.61. The summed E-state index contributed by atoms with van der Waals surface area (Å²) in [5.41, 5.74) is 2.31. The largest absolute Gasteiger partial charge is 0.337 e. The zero-order valence-corrected chi connectivity index (χ0v) is 14.7. The Bertz CT molecular complexity index is 881. The molecule has 2 aromatic rings. The number of hydrogen-bond acceptors (Lipinski definition) is 3. The molecule has 7 heteroatoms. The highest BCUT2D eigenvalue weighted by molar-refractivity contribution is 7.89. The maximum atomic E-state index is 13.0. The SMILES string of the molecule is CN(CC(=O)N1CCc2ccccc2C1)S(=O)(=O)c1ccc(F)cc1. The van der Waals surface area contributed by atoms with Gasteiger partial charge in [0.05, 0.1) is 11.4 Å². The van der Waals surface area contributed by atoms with Crippen LogP contribution in [0.15, 0.2) is 53.4 Å². The van der Waals surface area contributed by atoms with Crippen LogP contribution in [0.4, 0.5) is 4.39 Å². The number of benzene rings is 2. The molecule has 1 aliphatic rings. The van der Waals surface area contributed by atoms with Gasteiger partial charge in [0.15, 0.2) is 0 Å². The summed E-state index contributed by atoms with van der Waals surface area (Å²) in [6, 6.07) is 12.5. The summed E-state index contributed by atoms with van der Waals surface area (Å²) in [5, 5.41) is 0. The molecule has 2 aromatic carbocycles. The van der Waals surface area contributed by atoms with Crippen LogP contribution in [0, 0.1) is 5.82 Å². The van der Waals surface area contributed by atoms with E-state index in [1.54, 1.807) is 4.90 Å². The van der Waals surface area contributed by atoms with Gasteiger partial charge in [0.1, 0.15) is 5.82 Å². The van der Waals surface area contributed by atoms with Crippen LogP contribution in [-0.2, 0) is 27.8 Å². The standard InChI is InChI=1S/C18H19FN2O3S/c1-20(25(23,24)17-8-6-16(19)7-9-17)13-18(22)21-11-10-14-4-2-3-5-15(14)12-21/h2-9H,10-13H2,1H3. The average molecular weight is 362 g/mol. The van der Waals surface area contributed by atoms with Crippen LogP contribution < -0.4 is 0 Å². The van der Waals surface area contributed by atoms with Crippen LogP contribution in [0.2, 0.25) is 0 Å². The van der Waals surface area contributed by atoms with Gasteiger partial charge in [-0.25, -0.2) is 12.8 Å². The van der Waals surface area contributed by atoms with Gasteiger partial charge in [0.2, 0.25) is 15.9 Å². The lowest BCUT2D eigenvalue weighted by atomic mass is 10.00. The molecule has 25 heavy (non-hydrogen) atoms. The first-order valence-corrected chi connectivity index (χ1v) is 9.38. The van der Waals surface area contributed by atoms with Crippen molar-refractivity contribution >= 4 is 15.9 Å². The van der Waals surface area contributed by atoms with E-state index in [-0.39, 0.29) is 17.3 Å². The quantitative estimate of drug-likeness (QED) is 0.836. The van der Waals surface area contributed by atoms with E-state index in [2.05, 4.69) is 0 Å². The number of halogens is 1. The van der Waals surface area contributed by atoms with Crippen molar-refractivity contribution in [1.82, 2.24) is 9.21 Å². The normalized spacial score (nSPS) is 14.4. The van der Waals surface area contributed by atoms with Crippen molar-refractivity contribution in [3.05, 3.63) is 65.5 Å². The van der Waals surface area contributed by atoms with Crippen molar-refractivity contribution in [2.45, 2.75) is 17.9 Å². The van der Waals surface area contributed by atoms with Crippen LogP contribution in [0.5, 0.6) is 0 Å². The third-order valence-corrected chi connectivity index (χ3v) is 6.18. The minimum Gasteiger partial charge on any atom is -0.337 e. The number of sulfonamides is 1. The number of fused-ring (bicyclic) bond motifs is 1. The van der Waals surface area contributed by atoms with Gasteiger partial charge in [-0.15, -0.1) is 0 Å². The molecular formula is C18H19FN2O3S. The Hall–Kier alpha value is -2.25. The lowest BCUT2D eigenvalue weighted by Crippen LogP contribution is -2.43. The van der Waals surface area contributed by atoms with Crippen LogP contribution in [0.3, 0.4) is 0 Å². The van der Waals surface area contributed by atoms with Gasteiger partial charge >= 0.3 is 0 Å². The molecule has 5 nitrogen and oxygen atoms in total. The molecule has 0 saturated heterocycles. The van der Waals surface area contributed by atoms with Gasteiger partial charge in [-0.05, 0) is 41.8 Å². The topological polar surface area (TPSA) is 57.7 Å². The fourth-order valence-electron chi connectivity index (χ4n) is 2.87. The molecular weight excluding hydrogens is 343 g/mol. The first-order chi connectivity index (χ1) is 11.9. The first kappa shape index (κ1) is 17.6. The van der Waals surface area contributed by atoms with Crippen molar-refractivity contribution < 1.29 is 17.6 Å². The van der Waals surface area contributed by atoms with E-state index in [1.807, 2.05) is 24.3 Å². The monoisotopic (exact) mass is 362 g/mol. The highest BCUT2D eigenvalue weighted by Crippen LogP contribution is 2.20. The maximum absolute atomic E-state index is 13.0.